The Kier molecular flexibility index (Phi) is 25.0. The summed E-state index contributed by atoms with van der Waals surface area (Å²) in [5, 5.41) is 8.53. The summed E-state index contributed by atoms with van der Waals surface area (Å²) in [4.78, 5) is 86.1. The monoisotopic (exact) mass is 1090 g/mol. The summed E-state index contributed by atoms with van der Waals surface area (Å²) in [6.07, 6.45) is 2.98. The lowest BCUT2D eigenvalue weighted by Crippen LogP contribution is -2.70. The highest BCUT2D eigenvalue weighted by atomic mass is 16.6. The van der Waals surface area contributed by atoms with Gasteiger partial charge < -0.3 is 75.3 Å². The molecule has 2 aliphatic heterocycles. The van der Waals surface area contributed by atoms with Crippen molar-refractivity contribution >= 4 is 46.5 Å². The summed E-state index contributed by atoms with van der Waals surface area (Å²) >= 11 is 0. The number of likely N-dealkylation sites (tertiary alicyclic amines) is 1. The van der Waals surface area contributed by atoms with Gasteiger partial charge in [-0.25, -0.2) is 15.5 Å². The predicted molar refractivity (Wildman–Crippen MR) is 289 cm³/mol. The van der Waals surface area contributed by atoms with E-state index in [0.717, 1.165) is 29.5 Å². The number of rotatable bonds is 35. The van der Waals surface area contributed by atoms with Gasteiger partial charge in [-0.15, -0.1) is 0 Å². The molecule has 25 nitrogen and oxygen atoms in total. The summed E-state index contributed by atoms with van der Waals surface area (Å²) in [7, 11) is 0. The zero-order valence-corrected chi connectivity index (χ0v) is 45.3. The molecule has 2 aliphatic rings. The van der Waals surface area contributed by atoms with E-state index in [1.165, 1.54) is 4.57 Å². The molecule has 2 aromatic carbocycles. The topological polar surface area (TPSA) is 326 Å². The first-order valence-electron chi connectivity index (χ1n) is 26.9. The van der Waals surface area contributed by atoms with Crippen LogP contribution in [0.25, 0.3) is 11.2 Å². The molecule has 430 valence electrons. The molecule has 2 atom stereocenters. The molecule has 25 heteroatoms. The van der Waals surface area contributed by atoms with Gasteiger partial charge in [0.05, 0.1) is 85.8 Å². The number of nitrogens with two attached hydrogens (primary N) is 3. The lowest BCUT2D eigenvalue weighted by atomic mass is 9.91. The van der Waals surface area contributed by atoms with E-state index >= 15 is 0 Å². The predicted octanol–water partition coefficient (Wildman–Crippen LogP) is 2.19. The fraction of sp³-hybridized carbons (Fsp3) is 0.604. The van der Waals surface area contributed by atoms with E-state index in [1.54, 1.807) is 29.2 Å². The van der Waals surface area contributed by atoms with Crippen molar-refractivity contribution in [2.24, 2.45) is 17.5 Å². The smallest absolute Gasteiger partial charge is 0.410 e. The van der Waals surface area contributed by atoms with Gasteiger partial charge in [0.15, 0.2) is 11.5 Å². The number of hydrogen-bond acceptors (Lipinski definition) is 19. The molecule has 2 aromatic heterocycles. The van der Waals surface area contributed by atoms with Gasteiger partial charge >= 0.3 is 17.8 Å². The van der Waals surface area contributed by atoms with Gasteiger partial charge in [0.1, 0.15) is 29.8 Å². The Morgan fingerprint density at radius 1 is 0.782 bits per heavy atom. The molecular weight excluding hydrogens is 1010 g/mol. The van der Waals surface area contributed by atoms with E-state index in [9.17, 15) is 24.0 Å². The first-order valence-corrected chi connectivity index (χ1v) is 26.9. The number of anilines is 2. The Bertz CT molecular complexity index is 2540. The second-order valence-corrected chi connectivity index (χ2v) is 19.7. The molecule has 4 amide bonds. The van der Waals surface area contributed by atoms with Crippen LogP contribution in [0.5, 0.6) is 6.01 Å². The number of morpholine rings is 1. The van der Waals surface area contributed by atoms with E-state index in [0.29, 0.717) is 135 Å². The van der Waals surface area contributed by atoms with Crippen LogP contribution in [0.2, 0.25) is 0 Å². The van der Waals surface area contributed by atoms with Crippen molar-refractivity contribution in [3.05, 3.63) is 75.7 Å². The van der Waals surface area contributed by atoms with Crippen molar-refractivity contribution in [1.82, 2.24) is 40.0 Å². The molecular formula is C53H80N12O13. The first-order chi connectivity index (χ1) is 37.8. The summed E-state index contributed by atoms with van der Waals surface area (Å²) < 4.78 is 40.8. The second-order valence-electron chi connectivity index (χ2n) is 19.7. The quantitative estimate of drug-likeness (QED) is 0.0256. The molecule has 0 radical (unpaired) electrons. The van der Waals surface area contributed by atoms with Crippen LogP contribution < -0.4 is 43.7 Å². The van der Waals surface area contributed by atoms with Gasteiger partial charge in [-0.1, -0.05) is 63.6 Å². The van der Waals surface area contributed by atoms with Crippen LogP contribution in [0.4, 0.5) is 16.3 Å². The molecule has 1 spiro atoms. The minimum absolute atomic E-state index is 0.0203. The van der Waals surface area contributed by atoms with E-state index < -0.39 is 35.6 Å². The molecule has 2 fully saturated rings. The minimum atomic E-state index is -0.896. The average Bonchev–Trinajstić information content (AvgIpc) is 3.76. The SMILES string of the molecule is CCCCOc1nc(N)c2[nH]c(=O)n(Cc3ccc(CN4CC5(C4)CN(C(=O)OCc4ccc(NC(=O)[C@H](CCCCN)NC(=O)[C@@H](NC(=O)CCOCCOCCOCCOCCON)C(C)C)cc4)CCO5)cc3)c2n1. The fourth-order valence-corrected chi connectivity index (χ4v) is 8.80. The maximum Gasteiger partial charge on any atom is 0.410 e. The number of aromatic amines is 1. The molecule has 4 heterocycles. The number of H-pyrrole nitrogens is 1. The van der Waals surface area contributed by atoms with Gasteiger partial charge in [-0.3, -0.25) is 23.9 Å². The standard InChI is InChI=1S/C53H80N12O13/c1-4-5-20-75-50-61-46(55)45-47(62-50)65(51(69)60-45)32-39-11-9-38(10-12-39)31-63-34-53(35-63)36-64(19-22-77-53)52(70)76-33-40-13-15-41(16-14-40)57-48(67)42(8-6-7-18-54)58-49(68)44(37(2)3)59-43(66)17-21-71-23-24-72-25-26-73-27-28-74-29-30-78-56/h9-16,37,42,44H,4-8,17-36,54,56H2,1-3H3,(H,57,67)(H,58,68)(H,59,66)(H,60,69)(H2,55,61,62)/t42-,44-/m0/s1. The van der Waals surface area contributed by atoms with E-state index in [-0.39, 0.29) is 62.1 Å². The summed E-state index contributed by atoms with van der Waals surface area (Å²) in [5.74, 6) is 3.55. The highest BCUT2D eigenvalue weighted by molar-refractivity contribution is 5.98. The summed E-state index contributed by atoms with van der Waals surface area (Å²) in [6.45, 7) is 13.1. The molecule has 6 rings (SSSR count). The molecule has 0 bridgehead atoms. The van der Waals surface area contributed by atoms with Gasteiger partial charge in [0.2, 0.25) is 17.7 Å². The number of hydrogen-bond donors (Lipinski definition) is 7. The number of amides is 4. The highest BCUT2D eigenvalue weighted by Gasteiger charge is 2.48. The molecule has 4 aromatic rings. The number of fused-ring (bicyclic) bond motifs is 1. The van der Waals surface area contributed by atoms with Gasteiger partial charge in [0, 0.05) is 38.3 Å². The van der Waals surface area contributed by atoms with Crippen LogP contribution >= 0.6 is 0 Å². The number of aromatic nitrogens is 4. The van der Waals surface area contributed by atoms with E-state index in [1.807, 2.05) is 38.1 Å². The van der Waals surface area contributed by atoms with Gasteiger partial charge in [-0.05, 0) is 67.0 Å². The molecule has 0 saturated carbocycles. The van der Waals surface area contributed by atoms with Crippen LogP contribution in [-0.2, 0) is 67.3 Å². The Morgan fingerprint density at radius 2 is 1.42 bits per heavy atom. The first kappa shape index (κ1) is 60.9. The Labute approximate surface area is 454 Å². The Hall–Kier alpha value is -6.29. The maximum atomic E-state index is 13.6. The van der Waals surface area contributed by atoms with Crippen LogP contribution in [0.3, 0.4) is 0 Å². The lowest BCUT2D eigenvalue weighted by molar-refractivity contribution is -0.181. The number of imidazole rings is 1. The largest absolute Gasteiger partial charge is 0.463 e. The molecule has 78 heavy (non-hydrogen) atoms. The average molecular weight is 1090 g/mol. The zero-order valence-electron chi connectivity index (χ0n) is 45.3. The van der Waals surface area contributed by atoms with Gasteiger partial charge in [-0.2, -0.15) is 9.97 Å². The highest BCUT2D eigenvalue weighted by Crippen LogP contribution is 2.31. The van der Waals surface area contributed by atoms with Crippen LogP contribution in [0.1, 0.15) is 76.0 Å². The third-order valence-corrected chi connectivity index (χ3v) is 13.0. The lowest BCUT2D eigenvalue weighted by Gasteiger charge is -2.53. The van der Waals surface area contributed by atoms with Gasteiger partial charge in [0.25, 0.3) is 0 Å². The molecule has 10 N–H and O–H groups in total. The fourth-order valence-electron chi connectivity index (χ4n) is 8.80. The van der Waals surface area contributed by atoms with E-state index in [2.05, 4.69) is 47.6 Å². The number of nitrogens with zero attached hydrogens (tertiary/aromatic N) is 5. The van der Waals surface area contributed by atoms with Crippen LogP contribution in [-0.4, -0.2) is 176 Å². The number of ether oxygens (including phenoxy) is 7. The van der Waals surface area contributed by atoms with Crippen LogP contribution in [0.15, 0.2) is 53.3 Å². The molecule has 0 aliphatic carbocycles. The summed E-state index contributed by atoms with van der Waals surface area (Å²) in [5.41, 5.74) is 15.0. The number of carbonyl (C=O) groups is 4. The normalized spacial score (nSPS) is 15.0. The number of carbonyl (C=O) groups excluding carboxylic acids is 4. The number of nitrogen functional groups attached to an aromatic ring is 1. The van der Waals surface area contributed by atoms with Crippen molar-refractivity contribution in [2.75, 3.05) is 116 Å². The van der Waals surface area contributed by atoms with Crippen molar-refractivity contribution in [3.63, 3.8) is 0 Å². The Balaban J connectivity index is 0.891. The summed E-state index contributed by atoms with van der Waals surface area (Å²) in [6, 6.07) is 13.3. The van der Waals surface area contributed by atoms with Crippen LogP contribution in [0, 0.1) is 5.92 Å². The van der Waals surface area contributed by atoms with Crippen molar-refractivity contribution < 1.29 is 57.2 Å². The van der Waals surface area contributed by atoms with Crippen molar-refractivity contribution in [1.29, 1.82) is 0 Å². The third-order valence-electron chi connectivity index (χ3n) is 13.0. The van der Waals surface area contributed by atoms with Crippen molar-refractivity contribution in [3.8, 4) is 6.01 Å². The third kappa shape index (κ3) is 19.3. The number of benzene rings is 2. The molecule has 2 saturated heterocycles. The minimum Gasteiger partial charge on any atom is -0.463 e. The Morgan fingerprint density at radius 3 is 2.06 bits per heavy atom. The maximum absolute atomic E-state index is 13.6. The number of nitrogens with one attached hydrogen (secondary N) is 4. The second kappa shape index (κ2) is 31.9. The van der Waals surface area contributed by atoms with Crippen molar-refractivity contribution in [2.45, 2.75) is 96.7 Å². The molecule has 0 unspecified atom stereocenters. The van der Waals surface area contributed by atoms with E-state index in [4.69, 9.17) is 50.5 Å². The zero-order chi connectivity index (χ0) is 55.7. The number of unbranched alkanes of at least 4 members (excludes halogenated alkanes) is 2.